The van der Waals surface area contributed by atoms with Gasteiger partial charge in [0.15, 0.2) is 0 Å². The summed E-state index contributed by atoms with van der Waals surface area (Å²) >= 11 is 0. The first-order valence-corrected chi connectivity index (χ1v) is 8.91. The highest BCUT2D eigenvalue weighted by Gasteiger charge is 2.29. The van der Waals surface area contributed by atoms with Crippen molar-refractivity contribution in [2.45, 2.75) is 25.8 Å². The lowest BCUT2D eigenvalue weighted by molar-refractivity contribution is 0.0690. The number of aromatic carboxylic acids is 1. The number of nitrogens with one attached hydrogen (secondary N) is 1. The fraction of sp³-hybridized carbons (Fsp3) is 0.238. The van der Waals surface area contributed by atoms with Gasteiger partial charge in [0.1, 0.15) is 11.5 Å². The number of rotatable bonds is 4. The normalized spacial score (nSPS) is 15.2. The van der Waals surface area contributed by atoms with E-state index in [0.717, 1.165) is 29.7 Å². The molecule has 1 aliphatic carbocycles. The van der Waals surface area contributed by atoms with Gasteiger partial charge in [0.05, 0.1) is 35.4 Å². The largest absolute Gasteiger partial charge is 0.477 e. The first-order valence-electron chi connectivity index (χ1n) is 8.91. The number of carbonyl (C=O) groups is 1. The Hall–Kier alpha value is -3.66. The molecule has 1 aliphatic rings. The predicted molar refractivity (Wildman–Crippen MR) is 106 cm³/mol. The maximum atomic E-state index is 12.4. The molecule has 0 aliphatic heterocycles. The number of hydrogen-bond acceptors (Lipinski definition) is 5. The molecule has 7 nitrogen and oxygen atoms in total. The molecule has 3 aromatic rings. The van der Waals surface area contributed by atoms with Crippen molar-refractivity contribution < 1.29 is 9.90 Å². The van der Waals surface area contributed by atoms with Gasteiger partial charge in [-0.25, -0.2) is 14.8 Å². The van der Waals surface area contributed by atoms with E-state index in [1.807, 2.05) is 17.0 Å². The lowest BCUT2D eigenvalue weighted by Gasteiger charge is -2.30. The molecule has 0 unspecified atom stereocenters. The van der Waals surface area contributed by atoms with Gasteiger partial charge in [0.2, 0.25) is 0 Å². The summed E-state index contributed by atoms with van der Waals surface area (Å²) in [7, 11) is 0. The number of fused-ring (bicyclic) bond motifs is 2. The van der Waals surface area contributed by atoms with E-state index in [9.17, 15) is 9.59 Å². The van der Waals surface area contributed by atoms with Gasteiger partial charge in [-0.1, -0.05) is 5.92 Å². The zero-order valence-corrected chi connectivity index (χ0v) is 15.3. The monoisotopic (exact) mass is 374 g/mol. The van der Waals surface area contributed by atoms with E-state index in [0.29, 0.717) is 23.3 Å². The second-order valence-corrected chi connectivity index (χ2v) is 6.81. The maximum absolute atomic E-state index is 12.4. The number of aryl methyl sites for hydroxylation is 2. The fourth-order valence-electron chi connectivity index (χ4n) is 3.82. The third-order valence-corrected chi connectivity index (χ3v) is 5.07. The SMILES string of the molecule is C#CCN(c1ccc(C(=O)O)nc1)[C@H]1CCc2cc3nc(C)[nH]c(=O)c3cc21. The van der Waals surface area contributed by atoms with Gasteiger partial charge >= 0.3 is 5.97 Å². The van der Waals surface area contributed by atoms with Crippen LogP contribution in [0.1, 0.15) is 39.9 Å². The van der Waals surface area contributed by atoms with Gasteiger partial charge in [0, 0.05) is 0 Å². The Morgan fingerprint density at radius 1 is 1.43 bits per heavy atom. The Bertz CT molecular complexity index is 1180. The molecule has 0 radical (unpaired) electrons. The van der Waals surface area contributed by atoms with E-state index in [-0.39, 0.29) is 17.3 Å². The van der Waals surface area contributed by atoms with E-state index in [4.69, 9.17) is 11.5 Å². The van der Waals surface area contributed by atoms with Crippen LogP contribution >= 0.6 is 0 Å². The lowest BCUT2D eigenvalue weighted by Crippen LogP contribution is -2.28. The molecule has 140 valence electrons. The number of H-pyrrole nitrogens is 1. The van der Waals surface area contributed by atoms with Crippen molar-refractivity contribution in [3.8, 4) is 12.3 Å². The minimum atomic E-state index is -1.07. The van der Waals surface area contributed by atoms with Crippen molar-refractivity contribution >= 4 is 22.6 Å². The van der Waals surface area contributed by atoms with Crippen LogP contribution in [0.15, 0.2) is 35.3 Å². The van der Waals surface area contributed by atoms with Crippen molar-refractivity contribution in [1.29, 1.82) is 0 Å². The summed E-state index contributed by atoms with van der Waals surface area (Å²) < 4.78 is 0. The molecule has 2 heterocycles. The molecule has 7 heteroatoms. The number of nitrogens with zero attached hydrogens (tertiary/aromatic N) is 3. The highest BCUT2D eigenvalue weighted by atomic mass is 16.4. The number of carboxylic acids is 1. The summed E-state index contributed by atoms with van der Waals surface area (Å²) in [4.78, 5) is 36.6. The van der Waals surface area contributed by atoms with E-state index in [1.54, 1.807) is 13.0 Å². The van der Waals surface area contributed by atoms with E-state index in [1.165, 1.54) is 12.3 Å². The maximum Gasteiger partial charge on any atom is 0.354 e. The molecule has 0 spiro atoms. The number of benzene rings is 1. The second-order valence-electron chi connectivity index (χ2n) is 6.81. The molecule has 2 N–H and O–H groups in total. The van der Waals surface area contributed by atoms with Crippen LogP contribution in [0.3, 0.4) is 0 Å². The van der Waals surface area contributed by atoms with Gasteiger partial charge in [-0.15, -0.1) is 6.42 Å². The van der Waals surface area contributed by atoms with Crippen molar-refractivity contribution in [3.63, 3.8) is 0 Å². The van der Waals surface area contributed by atoms with Crippen LogP contribution in [0, 0.1) is 19.3 Å². The number of hydrogen-bond donors (Lipinski definition) is 2. The third-order valence-electron chi connectivity index (χ3n) is 5.07. The van der Waals surface area contributed by atoms with Gasteiger partial charge in [0.25, 0.3) is 5.56 Å². The van der Waals surface area contributed by atoms with Gasteiger partial charge < -0.3 is 15.0 Å². The van der Waals surface area contributed by atoms with Crippen LogP contribution < -0.4 is 10.5 Å². The molecule has 0 fully saturated rings. The lowest BCUT2D eigenvalue weighted by atomic mass is 10.0. The first-order chi connectivity index (χ1) is 13.5. The standard InChI is InChI=1S/C21H18N4O3/c1-3-8-25(14-5-6-17(21(27)28)22-11-14)19-7-4-13-9-18-16(10-15(13)19)20(26)24-12(2)23-18/h1,5-6,9-11,19H,4,7-8H2,2H3,(H,27,28)(H,23,24,26)/t19-/m0/s1. The highest BCUT2D eigenvalue weighted by molar-refractivity contribution is 5.85. The van der Waals surface area contributed by atoms with Gasteiger partial charge in [-0.2, -0.15) is 0 Å². The van der Waals surface area contributed by atoms with Gasteiger partial charge in [-0.05, 0) is 55.2 Å². The zero-order valence-electron chi connectivity index (χ0n) is 15.3. The smallest absolute Gasteiger partial charge is 0.354 e. The summed E-state index contributed by atoms with van der Waals surface area (Å²) in [5, 5.41) is 9.61. The Labute approximate surface area is 161 Å². The van der Waals surface area contributed by atoms with Crippen LogP contribution in [0.5, 0.6) is 0 Å². The number of terminal acetylenes is 1. The zero-order chi connectivity index (χ0) is 19.8. The Morgan fingerprint density at radius 2 is 2.25 bits per heavy atom. The molecule has 0 saturated heterocycles. The van der Waals surface area contributed by atoms with Crippen LogP contribution in [0.2, 0.25) is 0 Å². The molecule has 0 amide bonds. The average Bonchev–Trinajstić information content (AvgIpc) is 3.07. The first kappa shape index (κ1) is 17.7. The summed E-state index contributed by atoms with van der Waals surface area (Å²) in [5.74, 6) is 2.18. The van der Waals surface area contributed by atoms with Crippen LogP contribution in [0.25, 0.3) is 10.9 Å². The van der Waals surface area contributed by atoms with E-state index in [2.05, 4.69) is 20.9 Å². The highest BCUT2D eigenvalue weighted by Crippen LogP contribution is 2.39. The molecule has 0 bridgehead atoms. The topological polar surface area (TPSA) is 99.2 Å². The molecule has 1 atom stereocenters. The van der Waals surface area contributed by atoms with Crippen LogP contribution in [-0.2, 0) is 6.42 Å². The molecule has 0 saturated carbocycles. The molecular formula is C21H18N4O3. The second kappa shape index (κ2) is 6.82. The summed E-state index contributed by atoms with van der Waals surface area (Å²) in [6.07, 6.45) is 8.81. The number of anilines is 1. The van der Waals surface area contributed by atoms with Gasteiger partial charge in [-0.3, -0.25) is 4.79 Å². The minimum Gasteiger partial charge on any atom is -0.477 e. The molecule has 28 heavy (non-hydrogen) atoms. The van der Waals surface area contributed by atoms with Crippen LogP contribution in [0.4, 0.5) is 5.69 Å². The van der Waals surface area contributed by atoms with Crippen molar-refractivity contribution in [3.05, 3.63) is 63.5 Å². The number of pyridine rings is 1. The summed E-state index contributed by atoms with van der Waals surface area (Å²) in [5.41, 5.74) is 3.45. The van der Waals surface area contributed by atoms with E-state index >= 15 is 0 Å². The Morgan fingerprint density at radius 3 is 2.93 bits per heavy atom. The molecule has 1 aromatic carbocycles. The third kappa shape index (κ3) is 2.99. The van der Waals surface area contributed by atoms with Crippen molar-refractivity contribution in [1.82, 2.24) is 15.0 Å². The Balaban J connectivity index is 1.78. The summed E-state index contributed by atoms with van der Waals surface area (Å²) in [6.45, 7) is 2.11. The number of carboxylic acid groups (broad SMARTS) is 1. The Kier molecular flexibility index (Phi) is 4.32. The summed E-state index contributed by atoms with van der Waals surface area (Å²) in [6, 6.07) is 7.04. The quantitative estimate of drug-likeness (QED) is 0.681. The number of aromatic nitrogens is 3. The minimum absolute atomic E-state index is 0.0183. The van der Waals surface area contributed by atoms with Crippen LogP contribution in [-0.4, -0.2) is 32.6 Å². The fourth-order valence-corrected chi connectivity index (χ4v) is 3.82. The number of aromatic amines is 1. The van der Waals surface area contributed by atoms with Crippen molar-refractivity contribution in [2.24, 2.45) is 0 Å². The van der Waals surface area contributed by atoms with E-state index < -0.39 is 5.97 Å². The molecular weight excluding hydrogens is 356 g/mol. The predicted octanol–water partition coefficient (Wildman–Crippen LogP) is 2.45. The molecule has 2 aromatic heterocycles. The van der Waals surface area contributed by atoms with Crippen molar-refractivity contribution in [2.75, 3.05) is 11.4 Å². The molecule has 4 rings (SSSR count). The average molecular weight is 374 g/mol.